The minimum absolute atomic E-state index is 0.739. The number of thiophene rings is 1. The van der Waals surface area contributed by atoms with E-state index in [4.69, 9.17) is 5.26 Å². The van der Waals surface area contributed by atoms with Gasteiger partial charge >= 0.3 is 0 Å². The smallest absolute Gasteiger partial charge is 0.114 e. The van der Waals surface area contributed by atoms with Crippen molar-refractivity contribution < 1.29 is 0 Å². The maximum absolute atomic E-state index is 8.83. The predicted molar refractivity (Wildman–Crippen MR) is 51.2 cm³/mol. The highest BCUT2D eigenvalue weighted by Gasteiger charge is 2.08. The van der Waals surface area contributed by atoms with Gasteiger partial charge in [-0.3, -0.25) is 4.68 Å². The van der Waals surface area contributed by atoms with Gasteiger partial charge in [-0.15, -0.1) is 11.3 Å². The van der Waals surface area contributed by atoms with Crippen LogP contribution in [0.25, 0.3) is 11.3 Å². The molecule has 0 spiro atoms. The summed E-state index contributed by atoms with van der Waals surface area (Å²) < 4.78 is 1.77. The zero-order valence-electron chi connectivity index (χ0n) is 7.06. The van der Waals surface area contributed by atoms with E-state index in [0.29, 0.717) is 0 Å². The molecule has 4 heteroatoms. The van der Waals surface area contributed by atoms with Crippen molar-refractivity contribution in [2.24, 2.45) is 7.05 Å². The van der Waals surface area contributed by atoms with E-state index < -0.39 is 0 Å². The molecule has 0 saturated carbocycles. The van der Waals surface area contributed by atoms with Gasteiger partial charge in [-0.2, -0.15) is 10.4 Å². The van der Waals surface area contributed by atoms with Crippen molar-refractivity contribution in [1.82, 2.24) is 9.78 Å². The van der Waals surface area contributed by atoms with Gasteiger partial charge in [0, 0.05) is 18.8 Å². The Morgan fingerprint density at radius 2 is 2.38 bits per heavy atom. The highest BCUT2D eigenvalue weighted by Crippen LogP contribution is 2.26. The first kappa shape index (κ1) is 8.02. The van der Waals surface area contributed by atoms with Crippen molar-refractivity contribution in [3.05, 3.63) is 28.6 Å². The molecule has 64 valence electrons. The first-order valence-corrected chi connectivity index (χ1v) is 4.67. The quantitative estimate of drug-likeness (QED) is 0.688. The average Bonchev–Trinajstić information content (AvgIpc) is 2.71. The van der Waals surface area contributed by atoms with E-state index in [2.05, 4.69) is 11.2 Å². The van der Waals surface area contributed by atoms with Crippen LogP contribution in [0.15, 0.2) is 23.7 Å². The molecule has 0 amide bonds. The van der Waals surface area contributed by atoms with E-state index in [0.717, 1.165) is 16.1 Å². The molecule has 0 unspecified atom stereocenters. The third kappa shape index (κ3) is 1.23. The summed E-state index contributed by atoms with van der Waals surface area (Å²) in [6.07, 6.45) is 1.73. The van der Waals surface area contributed by atoms with Crippen LogP contribution in [0.5, 0.6) is 0 Å². The lowest BCUT2D eigenvalue weighted by atomic mass is 10.2. The van der Waals surface area contributed by atoms with Crippen LogP contribution in [0, 0.1) is 11.3 Å². The van der Waals surface area contributed by atoms with E-state index >= 15 is 0 Å². The van der Waals surface area contributed by atoms with Gasteiger partial charge in [0.15, 0.2) is 0 Å². The molecule has 0 saturated heterocycles. The highest BCUT2D eigenvalue weighted by atomic mass is 32.1. The molecule has 0 bridgehead atoms. The van der Waals surface area contributed by atoms with Gasteiger partial charge < -0.3 is 0 Å². The van der Waals surface area contributed by atoms with Crippen molar-refractivity contribution in [3.63, 3.8) is 0 Å². The predicted octanol–water partition coefficient (Wildman–Crippen LogP) is 2.02. The largest absolute Gasteiger partial charge is 0.268 e. The number of hydrogen-bond donors (Lipinski definition) is 0. The van der Waals surface area contributed by atoms with Crippen molar-refractivity contribution >= 4 is 11.3 Å². The summed E-state index contributed by atoms with van der Waals surface area (Å²) in [4.78, 5) is 0.739. The van der Waals surface area contributed by atoms with E-state index in [1.165, 1.54) is 11.3 Å². The molecule has 3 nitrogen and oxygen atoms in total. The zero-order valence-corrected chi connectivity index (χ0v) is 7.88. The van der Waals surface area contributed by atoms with Crippen LogP contribution in [-0.2, 0) is 7.05 Å². The summed E-state index contributed by atoms with van der Waals surface area (Å²) >= 11 is 1.45. The minimum atomic E-state index is 0.739. The normalized spacial score (nSPS) is 9.85. The molecule has 0 aliphatic carbocycles. The van der Waals surface area contributed by atoms with Crippen LogP contribution in [0.3, 0.4) is 0 Å². The summed E-state index contributed by atoms with van der Waals surface area (Å²) in [6, 6.07) is 6.02. The summed E-state index contributed by atoms with van der Waals surface area (Å²) in [5, 5.41) is 14.8. The van der Waals surface area contributed by atoms with Crippen LogP contribution in [-0.4, -0.2) is 9.78 Å². The van der Waals surface area contributed by atoms with Crippen LogP contribution < -0.4 is 0 Å². The lowest BCUT2D eigenvalue weighted by molar-refractivity contribution is 0.776. The Morgan fingerprint density at radius 1 is 1.54 bits per heavy atom. The minimum Gasteiger partial charge on any atom is -0.268 e. The van der Waals surface area contributed by atoms with Gasteiger partial charge in [0.2, 0.25) is 0 Å². The monoisotopic (exact) mass is 189 g/mol. The van der Waals surface area contributed by atoms with Crippen molar-refractivity contribution in [3.8, 4) is 17.3 Å². The molecule has 0 aliphatic heterocycles. The van der Waals surface area contributed by atoms with Crippen molar-refractivity contribution in [2.75, 3.05) is 0 Å². The standard InChI is InChI=1S/C9H7N3S/c1-12-8(2-4-11-12)7-3-5-13-9(7)6-10/h2-5H,1H3. The third-order valence-electron chi connectivity index (χ3n) is 1.86. The molecule has 0 N–H and O–H groups in total. The lowest BCUT2D eigenvalue weighted by Gasteiger charge is -1.98. The first-order valence-electron chi connectivity index (χ1n) is 3.79. The second-order valence-corrected chi connectivity index (χ2v) is 3.53. The molecule has 2 aromatic heterocycles. The number of nitriles is 1. The van der Waals surface area contributed by atoms with Gasteiger partial charge in [-0.1, -0.05) is 0 Å². The van der Waals surface area contributed by atoms with Gasteiger partial charge in [0.1, 0.15) is 10.9 Å². The Balaban J connectivity index is 2.60. The molecule has 0 fully saturated rings. The van der Waals surface area contributed by atoms with Crippen molar-refractivity contribution in [1.29, 1.82) is 5.26 Å². The second kappa shape index (κ2) is 3.04. The summed E-state index contributed by atoms with van der Waals surface area (Å²) in [6.45, 7) is 0. The lowest BCUT2D eigenvalue weighted by Crippen LogP contribution is -1.92. The van der Waals surface area contributed by atoms with Gasteiger partial charge in [0.05, 0.1) is 5.69 Å². The summed E-state index contributed by atoms with van der Waals surface area (Å²) in [5.74, 6) is 0. The fourth-order valence-electron chi connectivity index (χ4n) is 1.24. The Bertz CT molecular complexity index is 461. The fourth-order valence-corrected chi connectivity index (χ4v) is 1.93. The molecular formula is C9H7N3S. The molecule has 2 aromatic rings. The second-order valence-electron chi connectivity index (χ2n) is 2.62. The van der Waals surface area contributed by atoms with Crippen molar-refractivity contribution in [2.45, 2.75) is 0 Å². The van der Waals surface area contributed by atoms with Gasteiger partial charge in [-0.25, -0.2) is 0 Å². The fraction of sp³-hybridized carbons (Fsp3) is 0.111. The van der Waals surface area contributed by atoms with Crippen LogP contribution in [0.4, 0.5) is 0 Å². The van der Waals surface area contributed by atoms with E-state index in [9.17, 15) is 0 Å². The Hall–Kier alpha value is -1.60. The molecule has 0 radical (unpaired) electrons. The number of rotatable bonds is 1. The Morgan fingerprint density at radius 3 is 3.00 bits per heavy atom. The third-order valence-corrected chi connectivity index (χ3v) is 2.68. The zero-order chi connectivity index (χ0) is 9.26. The molecule has 0 aromatic carbocycles. The molecule has 2 rings (SSSR count). The highest BCUT2D eigenvalue weighted by molar-refractivity contribution is 7.11. The van der Waals surface area contributed by atoms with Crippen LogP contribution in [0.1, 0.15) is 4.88 Å². The summed E-state index contributed by atoms with van der Waals surface area (Å²) in [5.41, 5.74) is 1.95. The average molecular weight is 189 g/mol. The van der Waals surface area contributed by atoms with E-state index in [-0.39, 0.29) is 0 Å². The van der Waals surface area contributed by atoms with E-state index in [1.54, 1.807) is 10.9 Å². The molecule has 0 aliphatic rings. The molecule has 0 atom stereocenters. The van der Waals surface area contributed by atoms with Crippen LogP contribution in [0.2, 0.25) is 0 Å². The SMILES string of the molecule is Cn1nccc1-c1ccsc1C#N. The molecule has 13 heavy (non-hydrogen) atoms. The number of nitrogens with zero attached hydrogens (tertiary/aromatic N) is 3. The topological polar surface area (TPSA) is 41.6 Å². The molecular weight excluding hydrogens is 182 g/mol. The number of aromatic nitrogens is 2. The first-order chi connectivity index (χ1) is 6.33. The number of aryl methyl sites for hydroxylation is 1. The Kier molecular flexibility index (Phi) is 1.87. The maximum atomic E-state index is 8.83. The molecule has 2 heterocycles. The van der Waals surface area contributed by atoms with Gasteiger partial charge in [-0.05, 0) is 17.5 Å². The maximum Gasteiger partial charge on any atom is 0.114 e. The van der Waals surface area contributed by atoms with Crippen LogP contribution >= 0.6 is 11.3 Å². The Labute approximate surface area is 79.9 Å². The number of hydrogen-bond acceptors (Lipinski definition) is 3. The summed E-state index contributed by atoms with van der Waals surface area (Å²) in [7, 11) is 1.87. The van der Waals surface area contributed by atoms with Gasteiger partial charge in [0.25, 0.3) is 0 Å². The van der Waals surface area contributed by atoms with E-state index in [1.807, 2.05) is 24.6 Å².